The lowest BCUT2D eigenvalue weighted by molar-refractivity contribution is -0.137. The Labute approximate surface area is 169 Å². The number of aromatic nitrogens is 1. The van der Waals surface area contributed by atoms with Crippen LogP contribution in [0.4, 0.5) is 23.2 Å². The standard InChI is InChI=1S/C22H17F4N3O/c1-13(23)21(30)28-18-11-29(12-18)19-10-16(9-15-3-2-8-27-20(15)19)14-4-6-17(7-5-14)22(24,25)26/h2-10,18H,1,11-12H2,(H,28,30). The number of alkyl halides is 3. The van der Waals surface area contributed by atoms with Crippen LogP contribution < -0.4 is 10.2 Å². The molecule has 0 radical (unpaired) electrons. The fraction of sp³-hybridized carbons (Fsp3) is 0.182. The van der Waals surface area contributed by atoms with Crippen molar-refractivity contribution in [2.24, 2.45) is 0 Å². The first-order chi connectivity index (χ1) is 14.2. The summed E-state index contributed by atoms with van der Waals surface area (Å²) in [6.45, 7) is 3.90. The van der Waals surface area contributed by atoms with Crippen LogP contribution in [0, 0.1) is 0 Å². The molecule has 0 unspecified atom stereocenters. The molecule has 8 heteroatoms. The van der Waals surface area contributed by atoms with Gasteiger partial charge < -0.3 is 10.2 Å². The van der Waals surface area contributed by atoms with Crippen LogP contribution in [0.3, 0.4) is 0 Å². The maximum absolute atomic E-state index is 12.9. The van der Waals surface area contributed by atoms with Gasteiger partial charge in [0.25, 0.3) is 5.91 Å². The first-order valence-corrected chi connectivity index (χ1v) is 9.19. The average Bonchev–Trinajstić information content (AvgIpc) is 2.69. The minimum Gasteiger partial charge on any atom is -0.365 e. The van der Waals surface area contributed by atoms with E-state index in [9.17, 15) is 22.4 Å². The number of rotatable bonds is 4. The number of halogens is 4. The Hall–Kier alpha value is -3.42. The van der Waals surface area contributed by atoms with Crippen LogP contribution in [-0.4, -0.2) is 30.0 Å². The van der Waals surface area contributed by atoms with E-state index in [1.165, 1.54) is 12.1 Å². The highest BCUT2D eigenvalue weighted by Gasteiger charge is 2.31. The normalized spacial score (nSPS) is 14.5. The monoisotopic (exact) mass is 415 g/mol. The summed E-state index contributed by atoms with van der Waals surface area (Å²) in [4.78, 5) is 17.9. The molecule has 2 heterocycles. The van der Waals surface area contributed by atoms with E-state index >= 15 is 0 Å². The Morgan fingerprint density at radius 3 is 2.43 bits per heavy atom. The number of hydrogen-bond acceptors (Lipinski definition) is 3. The average molecular weight is 415 g/mol. The van der Waals surface area contributed by atoms with Crippen molar-refractivity contribution >= 4 is 22.5 Å². The van der Waals surface area contributed by atoms with Crippen molar-refractivity contribution in [3.05, 3.63) is 72.7 Å². The predicted octanol–water partition coefficient (Wildman–Crippen LogP) is 4.71. The highest BCUT2D eigenvalue weighted by Crippen LogP contribution is 2.36. The summed E-state index contributed by atoms with van der Waals surface area (Å²) in [6.07, 6.45) is -2.73. The SMILES string of the molecule is C=C(F)C(=O)NC1CN(c2cc(-c3ccc(C(F)(F)F)cc3)cc3cccnc23)C1. The van der Waals surface area contributed by atoms with Crippen LogP contribution in [0.1, 0.15) is 5.56 Å². The van der Waals surface area contributed by atoms with Crippen molar-refractivity contribution in [2.75, 3.05) is 18.0 Å². The molecule has 30 heavy (non-hydrogen) atoms. The van der Waals surface area contributed by atoms with E-state index in [4.69, 9.17) is 0 Å². The van der Waals surface area contributed by atoms with E-state index in [0.29, 0.717) is 18.7 Å². The summed E-state index contributed by atoms with van der Waals surface area (Å²) < 4.78 is 51.5. The lowest BCUT2D eigenvalue weighted by atomic mass is 9.98. The molecule has 4 rings (SSSR count). The van der Waals surface area contributed by atoms with Gasteiger partial charge in [0.05, 0.1) is 22.8 Å². The van der Waals surface area contributed by atoms with Gasteiger partial charge in [0, 0.05) is 24.7 Å². The molecule has 2 aromatic carbocycles. The van der Waals surface area contributed by atoms with Gasteiger partial charge in [-0.15, -0.1) is 0 Å². The fourth-order valence-electron chi connectivity index (χ4n) is 3.46. The Bertz CT molecular complexity index is 1120. The minimum atomic E-state index is -4.39. The number of nitrogens with one attached hydrogen (secondary N) is 1. The lowest BCUT2D eigenvalue weighted by Gasteiger charge is -2.41. The van der Waals surface area contributed by atoms with Crippen molar-refractivity contribution < 1.29 is 22.4 Å². The molecule has 1 aromatic heterocycles. The molecule has 0 spiro atoms. The van der Waals surface area contributed by atoms with Crippen LogP contribution in [0.5, 0.6) is 0 Å². The van der Waals surface area contributed by atoms with Crippen molar-refractivity contribution in [2.45, 2.75) is 12.2 Å². The first kappa shape index (κ1) is 19.9. The van der Waals surface area contributed by atoms with Crippen LogP contribution in [0.2, 0.25) is 0 Å². The molecular weight excluding hydrogens is 398 g/mol. The second kappa shape index (κ2) is 7.44. The maximum Gasteiger partial charge on any atom is 0.416 e. The van der Waals surface area contributed by atoms with Gasteiger partial charge in [0.1, 0.15) is 0 Å². The molecule has 1 N–H and O–H groups in total. The van der Waals surface area contributed by atoms with Crippen molar-refractivity contribution in [3.8, 4) is 11.1 Å². The van der Waals surface area contributed by atoms with E-state index < -0.39 is 23.5 Å². The third-order valence-electron chi connectivity index (χ3n) is 5.03. The molecule has 0 atom stereocenters. The van der Waals surface area contributed by atoms with Crippen molar-refractivity contribution in [1.82, 2.24) is 10.3 Å². The van der Waals surface area contributed by atoms with Gasteiger partial charge in [-0.2, -0.15) is 13.2 Å². The Kier molecular flexibility index (Phi) is 4.93. The van der Waals surface area contributed by atoms with Gasteiger partial charge in [0.15, 0.2) is 5.83 Å². The molecule has 154 valence electrons. The number of anilines is 1. The molecule has 0 bridgehead atoms. The quantitative estimate of drug-likeness (QED) is 0.496. The third kappa shape index (κ3) is 3.85. The van der Waals surface area contributed by atoms with E-state index in [0.717, 1.165) is 34.3 Å². The number of nitrogens with zero attached hydrogens (tertiary/aromatic N) is 2. The number of fused-ring (bicyclic) bond motifs is 1. The summed E-state index contributed by atoms with van der Waals surface area (Å²) in [6, 6.07) is 12.2. The van der Waals surface area contributed by atoms with Crippen molar-refractivity contribution in [1.29, 1.82) is 0 Å². The molecule has 4 nitrogen and oxygen atoms in total. The Balaban J connectivity index is 1.64. The number of hydrogen-bond donors (Lipinski definition) is 1. The Morgan fingerprint density at radius 1 is 1.10 bits per heavy atom. The number of carbonyl (C=O) groups is 1. The molecule has 1 aliphatic rings. The summed E-state index contributed by atoms with van der Waals surface area (Å²) in [5, 5.41) is 3.39. The summed E-state index contributed by atoms with van der Waals surface area (Å²) in [5.74, 6) is -1.87. The van der Waals surface area contributed by atoms with Crippen LogP contribution in [0.15, 0.2) is 67.1 Å². The van der Waals surface area contributed by atoms with E-state index in [2.05, 4.69) is 16.9 Å². The van der Waals surface area contributed by atoms with Crippen LogP contribution in [-0.2, 0) is 11.0 Å². The third-order valence-corrected chi connectivity index (χ3v) is 5.03. The smallest absolute Gasteiger partial charge is 0.365 e. The second-order valence-electron chi connectivity index (χ2n) is 7.13. The minimum absolute atomic E-state index is 0.224. The molecular formula is C22H17F4N3O. The second-order valence-corrected chi connectivity index (χ2v) is 7.13. The molecule has 0 aliphatic carbocycles. The zero-order valence-electron chi connectivity index (χ0n) is 15.7. The van der Waals surface area contributed by atoms with E-state index in [1.807, 2.05) is 23.1 Å². The van der Waals surface area contributed by atoms with Gasteiger partial charge in [-0.05, 0) is 41.5 Å². The highest BCUT2D eigenvalue weighted by molar-refractivity contribution is 5.96. The topological polar surface area (TPSA) is 45.2 Å². The van der Waals surface area contributed by atoms with E-state index in [-0.39, 0.29) is 6.04 Å². The zero-order valence-corrected chi connectivity index (χ0v) is 15.7. The predicted molar refractivity (Wildman–Crippen MR) is 107 cm³/mol. The Morgan fingerprint density at radius 2 is 1.80 bits per heavy atom. The van der Waals surface area contributed by atoms with Gasteiger partial charge in [-0.1, -0.05) is 24.8 Å². The fourth-order valence-corrected chi connectivity index (χ4v) is 3.46. The summed E-state index contributed by atoms with van der Waals surface area (Å²) in [7, 11) is 0. The van der Waals surface area contributed by atoms with Gasteiger partial charge in [0.2, 0.25) is 0 Å². The lowest BCUT2D eigenvalue weighted by Crippen LogP contribution is -2.59. The van der Waals surface area contributed by atoms with Crippen LogP contribution >= 0.6 is 0 Å². The highest BCUT2D eigenvalue weighted by atomic mass is 19.4. The molecule has 3 aromatic rings. The van der Waals surface area contributed by atoms with E-state index in [1.54, 1.807) is 12.3 Å². The summed E-state index contributed by atoms with van der Waals surface area (Å²) >= 11 is 0. The van der Waals surface area contributed by atoms with Crippen LogP contribution in [0.25, 0.3) is 22.0 Å². The first-order valence-electron chi connectivity index (χ1n) is 9.19. The zero-order chi connectivity index (χ0) is 21.5. The molecule has 1 saturated heterocycles. The number of pyridine rings is 1. The van der Waals surface area contributed by atoms with Crippen molar-refractivity contribution in [3.63, 3.8) is 0 Å². The number of benzene rings is 2. The molecule has 1 aliphatic heterocycles. The number of amides is 1. The molecule has 1 amide bonds. The maximum atomic E-state index is 12.9. The summed E-state index contributed by atoms with van der Waals surface area (Å²) in [5.41, 5.74) is 2.24. The molecule has 1 fully saturated rings. The largest absolute Gasteiger partial charge is 0.416 e. The molecule has 0 saturated carbocycles. The number of carbonyl (C=O) groups excluding carboxylic acids is 1. The van der Waals surface area contributed by atoms with Gasteiger partial charge in [-0.3, -0.25) is 9.78 Å². The van der Waals surface area contributed by atoms with Gasteiger partial charge >= 0.3 is 6.18 Å². The van der Waals surface area contributed by atoms with Gasteiger partial charge in [-0.25, -0.2) is 4.39 Å².